The van der Waals surface area contributed by atoms with E-state index in [0.29, 0.717) is 11.0 Å². The van der Waals surface area contributed by atoms with Gasteiger partial charge < -0.3 is 9.73 Å². The molecule has 0 unspecified atom stereocenters. The van der Waals surface area contributed by atoms with Crippen LogP contribution in [0.15, 0.2) is 9.64 Å². The standard InChI is InChI=1S/C10H16N2O2S/c1-6(2)11-9(13)5-15-10-12-7(3)8(4)14-10/h6H,5H2,1-4H3,(H,11,13). The number of oxazole rings is 1. The summed E-state index contributed by atoms with van der Waals surface area (Å²) in [6.45, 7) is 7.61. The minimum Gasteiger partial charge on any atom is -0.437 e. The van der Waals surface area contributed by atoms with Gasteiger partial charge >= 0.3 is 0 Å². The minimum atomic E-state index is 0.00325. The molecule has 0 radical (unpaired) electrons. The van der Waals surface area contributed by atoms with E-state index in [-0.39, 0.29) is 11.9 Å². The smallest absolute Gasteiger partial charge is 0.256 e. The van der Waals surface area contributed by atoms with Crippen LogP contribution in [-0.2, 0) is 4.79 Å². The van der Waals surface area contributed by atoms with Crippen LogP contribution in [0.4, 0.5) is 0 Å². The molecule has 0 bridgehead atoms. The summed E-state index contributed by atoms with van der Waals surface area (Å²) in [6, 6.07) is 0.172. The molecule has 0 atom stereocenters. The summed E-state index contributed by atoms with van der Waals surface area (Å²) in [5, 5.41) is 3.36. The van der Waals surface area contributed by atoms with E-state index in [0.717, 1.165) is 11.5 Å². The molecule has 0 aliphatic carbocycles. The molecular formula is C10H16N2O2S. The van der Waals surface area contributed by atoms with Gasteiger partial charge in [-0.2, -0.15) is 0 Å². The van der Waals surface area contributed by atoms with Crippen LogP contribution in [-0.4, -0.2) is 22.7 Å². The summed E-state index contributed by atoms with van der Waals surface area (Å²) >= 11 is 1.32. The Kier molecular flexibility index (Phi) is 4.20. The third-order valence-corrected chi connectivity index (χ3v) is 2.61. The third-order valence-electron chi connectivity index (χ3n) is 1.79. The molecule has 84 valence electrons. The first kappa shape index (κ1) is 12.1. The second kappa shape index (κ2) is 5.21. The number of aromatic nitrogens is 1. The molecule has 0 saturated heterocycles. The quantitative estimate of drug-likeness (QED) is 0.800. The number of carbonyl (C=O) groups is 1. The lowest BCUT2D eigenvalue weighted by Gasteiger charge is -2.06. The minimum absolute atomic E-state index is 0.00325. The average molecular weight is 228 g/mol. The van der Waals surface area contributed by atoms with Gasteiger partial charge in [-0.1, -0.05) is 11.8 Å². The van der Waals surface area contributed by atoms with Crippen molar-refractivity contribution in [3.63, 3.8) is 0 Å². The summed E-state index contributed by atoms with van der Waals surface area (Å²) in [5.74, 6) is 1.16. The van der Waals surface area contributed by atoms with Gasteiger partial charge in [-0.25, -0.2) is 4.98 Å². The van der Waals surface area contributed by atoms with E-state index < -0.39 is 0 Å². The average Bonchev–Trinajstić information content (AvgIpc) is 2.42. The van der Waals surface area contributed by atoms with Gasteiger partial charge in [-0.3, -0.25) is 4.79 Å². The van der Waals surface area contributed by atoms with E-state index >= 15 is 0 Å². The van der Waals surface area contributed by atoms with Crippen molar-refractivity contribution in [2.75, 3.05) is 5.75 Å². The van der Waals surface area contributed by atoms with E-state index in [1.165, 1.54) is 11.8 Å². The van der Waals surface area contributed by atoms with E-state index in [1.807, 2.05) is 27.7 Å². The Labute approximate surface area is 93.8 Å². The summed E-state index contributed by atoms with van der Waals surface area (Å²) in [5.41, 5.74) is 0.877. The maximum absolute atomic E-state index is 11.3. The number of carbonyl (C=O) groups excluding carboxylic acids is 1. The molecule has 1 N–H and O–H groups in total. The van der Waals surface area contributed by atoms with Gasteiger partial charge in [0.2, 0.25) is 5.91 Å². The van der Waals surface area contributed by atoms with Crippen molar-refractivity contribution >= 4 is 17.7 Å². The fourth-order valence-corrected chi connectivity index (χ4v) is 1.72. The van der Waals surface area contributed by atoms with E-state index in [1.54, 1.807) is 0 Å². The van der Waals surface area contributed by atoms with Crippen molar-refractivity contribution in [2.45, 2.75) is 39.0 Å². The maximum Gasteiger partial charge on any atom is 0.256 e. The molecule has 1 amide bonds. The summed E-state index contributed by atoms with van der Waals surface area (Å²) in [7, 11) is 0. The molecule has 4 nitrogen and oxygen atoms in total. The number of rotatable bonds is 4. The molecule has 1 heterocycles. The van der Waals surface area contributed by atoms with Gasteiger partial charge in [0.15, 0.2) is 0 Å². The van der Waals surface area contributed by atoms with Crippen LogP contribution in [0, 0.1) is 13.8 Å². The predicted octanol–water partition coefficient (Wildman–Crippen LogP) is 1.91. The number of nitrogens with one attached hydrogen (secondary N) is 1. The first-order valence-electron chi connectivity index (χ1n) is 4.85. The highest BCUT2D eigenvalue weighted by molar-refractivity contribution is 7.99. The highest BCUT2D eigenvalue weighted by Gasteiger charge is 2.09. The van der Waals surface area contributed by atoms with E-state index in [9.17, 15) is 4.79 Å². The summed E-state index contributed by atoms with van der Waals surface area (Å²) in [4.78, 5) is 15.5. The van der Waals surface area contributed by atoms with Crippen LogP contribution < -0.4 is 5.32 Å². The van der Waals surface area contributed by atoms with Crippen LogP contribution in [0.5, 0.6) is 0 Å². The Morgan fingerprint density at radius 3 is 2.67 bits per heavy atom. The monoisotopic (exact) mass is 228 g/mol. The molecule has 0 saturated carbocycles. The highest BCUT2D eigenvalue weighted by Crippen LogP contribution is 2.19. The lowest BCUT2D eigenvalue weighted by molar-refractivity contribution is -0.119. The molecule has 15 heavy (non-hydrogen) atoms. The van der Waals surface area contributed by atoms with Crippen molar-refractivity contribution in [1.82, 2.24) is 10.3 Å². The largest absolute Gasteiger partial charge is 0.437 e. The number of amides is 1. The normalized spacial score (nSPS) is 10.7. The summed E-state index contributed by atoms with van der Waals surface area (Å²) < 4.78 is 5.34. The topological polar surface area (TPSA) is 55.1 Å². The van der Waals surface area contributed by atoms with E-state index in [2.05, 4.69) is 10.3 Å². The van der Waals surface area contributed by atoms with Crippen LogP contribution in [0.1, 0.15) is 25.3 Å². The number of aryl methyl sites for hydroxylation is 2. The Hall–Kier alpha value is -0.970. The van der Waals surface area contributed by atoms with Gasteiger partial charge in [-0.05, 0) is 27.7 Å². The molecule has 0 aliphatic heterocycles. The summed E-state index contributed by atoms with van der Waals surface area (Å²) in [6.07, 6.45) is 0. The number of hydrogen-bond acceptors (Lipinski definition) is 4. The maximum atomic E-state index is 11.3. The lowest BCUT2D eigenvalue weighted by atomic mass is 10.4. The fraction of sp³-hybridized carbons (Fsp3) is 0.600. The zero-order chi connectivity index (χ0) is 11.4. The van der Waals surface area contributed by atoms with Gasteiger partial charge in [0, 0.05) is 6.04 Å². The first-order chi connectivity index (χ1) is 6.99. The molecule has 1 aromatic rings. The SMILES string of the molecule is Cc1nc(SCC(=O)NC(C)C)oc1C. The van der Waals surface area contributed by atoms with Crippen molar-refractivity contribution < 1.29 is 9.21 Å². The fourth-order valence-electron chi connectivity index (χ4n) is 0.996. The van der Waals surface area contributed by atoms with Crippen LogP contribution in [0.25, 0.3) is 0 Å². The molecule has 0 aliphatic rings. The zero-order valence-electron chi connectivity index (χ0n) is 9.46. The van der Waals surface area contributed by atoms with Crippen molar-refractivity contribution in [1.29, 1.82) is 0 Å². The molecule has 0 fully saturated rings. The van der Waals surface area contributed by atoms with E-state index in [4.69, 9.17) is 4.42 Å². The molecule has 0 aromatic carbocycles. The molecule has 5 heteroatoms. The predicted molar refractivity (Wildman–Crippen MR) is 60.0 cm³/mol. The third kappa shape index (κ3) is 3.95. The molecule has 1 rings (SSSR count). The van der Waals surface area contributed by atoms with Crippen LogP contribution in [0.2, 0.25) is 0 Å². The van der Waals surface area contributed by atoms with Crippen molar-refractivity contribution in [3.8, 4) is 0 Å². The van der Waals surface area contributed by atoms with Crippen LogP contribution >= 0.6 is 11.8 Å². The van der Waals surface area contributed by atoms with Crippen LogP contribution in [0.3, 0.4) is 0 Å². The number of thioether (sulfide) groups is 1. The van der Waals surface area contributed by atoms with Gasteiger partial charge in [0.25, 0.3) is 5.22 Å². The lowest BCUT2D eigenvalue weighted by Crippen LogP contribution is -2.31. The Morgan fingerprint density at radius 2 is 2.20 bits per heavy atom. The molecule has 1 aromatic heterocycles. The second-order valence-corrected chi connectivity index (χ2v) is 4.56. The molecular weight excluding hydrogens is 212 g/mol. The van der Waals surface area contributed by atoms with Gasteiger partial charge in [0.05, 0.1) is 11.4 Å². The highest BCUT2D eigenvalue weighted by atomic mass is 32.2. The Morgan fingerprint density at radius 1 is 1.53 bits per heavy atom. The Bertz CT molecular complexity index is 328. The Balaban J connectivity index is 2.40. The number of nitrogens with zero attached hydrogens (tertiary/aromatic N) is 1. The zero-order valence-corrected chi connectivity index (χ0v) is 10.3. The second-order valence-electron chi connectivity index (χ2n) is 3.63. The van der Waals surface area contributed by atoms with Crippen molar-refractivity contribution in [2.24, 2.45) is 0 Å². The molecule has 0 spiro atoms. The van der Waals surface area contributed by atoms with Gasteiger partial charge in [-0.15, -0.1) is 0 Å². The first-order valence-corrected chi connectivity index (χ1v) is 5.83. The van der Waals surface area contributed by atoms with Gasteiger partial charge in [0.1, 0.15) is 5.76 Å². The van der Waals surface area contributed by atoms with Crippen molar-refractivity contribution in [3.05, 3.63) is 11.5 Å². The number of hydrogen-bond donors (Lipinski definition) is 1.